The summed E-state index contributed by atoms with van der Waals surface area (Å²) in [6, 6.07) is 0.491. The van der Waals surface area contributed by atoms with Gasteiger partial charge < -0.3 is 5.32 Å². The van der Waals surface area contributed by atoms with Crippen molar-refractivity contribution in [3.8, 4) is 0 Å². The first kappa shape index (κ1) is 8.75. The molecule has 0 aliphatic carbocycles. The van der Waals surface area contributed by atoms with Gasteiger partial charge in [0.2, 0.25) is 5.91 Å². The van der Waals surface area contributed by atoms with Gasteiger partial charge in [0.05, 0.1) is 0 Å². The lowest BCUT2D eigenvalue weighted by Crippen LogP contribution is -2.58. The maximum absolute atomic E-state index is 11.7. The summed E-state index contributed by atoms with van der Waals surface area (Å²) >= 11 is 0. The molecule has 72 valence electrons. The molecule has 0 saturated carbocycles. The van der Waals surface area contributed by atoms with Crippen molar-refractivity contribution in [2.75, 3.05) is 6.54 Å². The Bertz CT molecular complexity index is 239. The molecule has 2 fully saturated rings. The molecule has 0 spiro atoms. The predicted octanol–water partition coefficient (Wildman–Crippen LogP) is 0.573. The average molecular weight is 180 g/mol. The zero-order chi connectivity index (χ0) is 9.31. The van der Waals surface area contributed by atoms with Crippen molar-refractivity contribution in [1.29, 1.82) is 0 Å². The highest BCUT2D eigenvalue weighted by atomic mass is 16.2. The molecular weight excluding hydrogens is 164 g/mol. The third-order valence-corrected chi connectivity index (χ3v) is 3.12. The second kappa shape index (κ2) is 3.14. The highest BCUT2D eigenvalue weighted by molar-refractivity contribution is 5.89. The molecule has 2 aliphatic heterocycles. The van der Waals surface area contributed by atoms with Gasteiger partial charge in [-0.25, -0.2) is 0 Å². The molecule has 0 aromatic rings. The van der Waals surface area contributed by atoms with E-state index in [1.54, 1.807) is 6.08 Å². The Balaban J connectivity index is 2.27. The Morgan fingerprint density at radius 1 is 1.54 bits per heavy atom. The molecule has 2 N–H and O–H groups in total. The van der Waals surface area contributed by atoms with Gasteiger partial charge in [-0.15, -0.1) is 6.58 Å². The molecule has 3 nitrogen and oxygen atoms in total. The van der Waals surface area contributed by atoms with E-state index in [9.17, 15) is 4.79 Å². The average Bonchev–Trinajstić information content (AvgIpc) is 2.27. The lowest BCUT2D eigenvalue weighted by atomic mass is 9.85. The molecule has 2 rings (SSSR count). The normalized spacial score (nSPS) is 39.1. The first-order valence-electron chi connectivity index (χ1n) is 4.96. The minimum Gasteiger partial charge on any atom is -0.354 e. The van der Waals surface area contributed by atoms with Crippen LogP contribution in [0, 0.1) is 0 Å². The van der Waals surface area contributed by atoms with Crippen LogP contribution in [0.2, 0.25) is 0 Å². The van der Waals surface area contributed by atoms with Crippen LogP contribution in [0.3, 0.4) is 0 Å². The monoisotopic (exact) mass is 180 g/mol. The van der Waals surface area contributed by atoms with Crippen LogP contribution in [0.25, 0.3) is 0 Å². The number of amides is 1. The first-order chi connectivity index (χ1) is 6.27. The molecule has 2 unspecified atom stereocenters. The number of piperidine rings is 1. The summed E-state index contributed by atoms with van der Waals surface area (Å²) in [5.74, 6) is 0.102. The highest BCUT2D eigenvalue weighted by Crippen LogP contribution is 2.26. The van der Waals surface area contributed by atoms with Crippen LogP contribution >= 0.6 is 0 Å². The van der Waals surface area contributed by atoms with Crippen molar-refractivity contribution in [1.82, 2.24) is 10.6 Å². The summed E-state index contributed by atoms with van der Waals surface area (Å²) in [5, 5.41) is 6.33. The zero-order valence-corrected chi connectivity index (χ0v) is 7.81. The fourth-order valence-corrected chi connectivity index (χ4v) is 2.30. The third-order valence-electron chi connectivity index (χ3n) is 3.12. The van der Waals surface area contributed by atoms with E-state index in [0.717, 1.165) is 25.8 Å². The van der Waals surface area contributed by atoms with E-state index in [4.69, 9.17) is 0 Å². The van der Waals surface area contributed by atoms with Gasteiger partial charge in [0, 0.05) is 12.6 Å². The Morgan fingerprint density at radius 3 is 3.15 bits per heavy atom. The van der Waals surface area contributed by atoms with Gasteiger partial charge in [-0.2, -0.15) is 0 Å². The van der Waals surface area contributed by atoms with Crippen LogP contribution < -0.4 is 10.6 Å². The molecule has 2 heterocycles. The molecule has 0 radical (unpaired) electrons. The van der Waals surface area contributed by atoms with Crippen molar-refractivity contribution < 1.29 is 4.79 Å². The summed E-state index contributed by atoms with van der Waals surface area (Å²) in [6.45, 7) is 4.56. The van der Waals surface area contributed by atoms with Crippen LogP contribution in [-0.4, -0.2) is 24.0 Å². The molecule has 3 heteroatoms. The molecule has 0 aromatic heterocycles. The second-order valence-electron chi connectivity index (χ2n) is 3.95. The van der Waals surface area contributed by atoms with Crippen LogP contribution in [0.1, 0.15) is 25.7 Å². The van der Waals surface area contributed by atoms with Gasteiger partial charge in [0.25, 0.3) is 0 Å². The summed E-state index contributed by atoms with van der Waals surface area (Å²) < 4.78 is 0. The van der Waals surface area contributed by atoms with E-state index in [1.807, 2.05) is 0 Å². The van der Waals surface area contributed by atoms with Crippen molar-refractivity contribution in [3.05, 3.63) is 12.7 Å². The molecule has 2 saturated heterocycles. The first-order valence-corrected chi connectivity index (χ1v) is 4.96. The van der Waals surface area contributed by atoms with E-state index in [2.05, 4.69) is 17.2 Å². The predicted molar refractivity (Wildman–Crippen MR) is 51.3 cm³/mol. The topological polar surface area (TPSA) is 41.1 Å². The Labute approximate surface area is 78.6 Å². The van der Waals surface area contributed by atoms with Crippen molar-refractivity contribution in [3.63, 3.8) is 0 Å². The summed E-state index contributed by atoms with van der Waals surface area (Å²) in [5.41, 5.74) is -0.473. The maximum Gasteiger partial charge on any atom is 0.244 e. The Hall–Kier alpha value is -0.830. The third kappa shape index (κ3) is 1.37. The number of carbonyl (C=O) groups excluding carboxylic acids is 1. The Kier molecular flexibility index (Phi) is 2.12. The largest absolute Gasteiger partial charge is 0.354 e. The van der Waals surface area contributed by atoms with E-state index in [1.165, 1.54) is 6.42 Å². The minimum absolute atomic E-state index is 0.102. The van der Waals surface area contributed by atoms with E-state index in [-0.39, 0.29) is 5.91 Å². The van der Waals surface area contributed by atoms with Crippen molar-refractivity contribution >= 4 is 5.91 Å². The van der Waals surface area contributed by atoms with Crippen LogP contribution in [0.4, 0.5) is 0 Å². The van der Waals surface area contributed by atoms with Gasteiger partial charge >= 0.3 is 0 Å². The molecule has 13 heavy (non-hydrogen) atoms. The van der Waals surface area contributed by atoms with Gasteiger partial charge in [-0.1, -0.05) is 6.08 Å². The van der Waals surface area contributed by atoms with Crippen LogP contribution in [-0.2, 0) is 4.79 Å². The standard InChI is InChI=1S/C10H16N2O/c1-2-10-6-3-4-8(12-10)5-7-11-9(10)13/h2,8,12H,1,3-7H2,(H,11,13). The molecule has 2 bridgehead atoms. The van der Waals surface area contributed by atoms with Crippen LogP contribution in [0.15, 0.2) is 12.7 Å². The quantitative estimate of drug-likeness (QED) is 0.579. The molecule has 1 amide bonds. The smallest absolute Gasteiger partial charge is 0.244 e. The fraction of sp³-hybridized carbons (Fsp3) is 0.700. The summed E-state index contributed by atoms with van der Waals surface area (Å²) in [6.07, 6.45) is 6.00. The number of fused-ring (bicyclic) bond motifs is 2. The number of nitrogens with one attached hydrogen (secondary N) is 2. The second-order valence-corrected chi connectivity index (χ2v) is 3.95. The lowest BCUT2D eigenvalue weighted by molar-refractivity contribution is -0.126. The van der Waals surface area contributed by atoms with E-state index in [0.29, 0.717) is 6.04 Å². The van der Waals surface area contributed by atoms with Crippen molar-refractivity contribution in [2.24, 2.45) is 0 Å². The highest BCUT2D eigenvalue weighted by Gasteiger charge is 2.41. The maximum atomic E-state index is 11.7. The number of rotatable bonds is 1. The molecule has 2 aliphatic rings. The molecular formula is C10H16N2O. The SMILES string of the molecule is C=CC12CCCC(CCNC1=O)N2. The summed E-state index contributed by atoms with van der Waals surface area (Å²) in [4.78, 5) is 11.7. The van der Waals surface area contributed by atoms with Gasteiger partial charge in [-0.3, -0.25) is 10.1 Å². The summed E-state index contributed by atoms with van der Waals surface area (Å²) in [7, 11) is 0. The number of hydrogen-bond acceptors (Lipinski definition) is 2. The lowest BCUT2D eigenvalue weighted by Gasteiger charge is -2.36. The number of hydrogen-bond donors (Lipinski definition) is 2. The van der Waals surface area contributed by atoms with Crippen molar-refractivity contribution in [2.45, 2.75) is 37.3 Å². The molecule has 0 aromatic carbocycles. The minimum atomic E-state index is -0.473. The zero-order valence-electron chi connectivity index (χ0n) is 7.81. The van der Waals surface area contributed by atoms with Gasteiger partial charge in [0.1, 0.15) is 5.54 Å². The van der Waals surface area contributed by atoms with Crippen LogP contribution in [0.5, 0.6) is 0 Å². The van der Waals surface area contributed by atoms with Gasteiger partial charge in [0.15, 0.2) is 0 Å². The number of carbonyl (C=O) groups is 1. The Morgan fingerprint density at radius 2 is 2.38 bits per heavy atom. The van der Waals surface area contributed by atoms with E-state index >= 15 is 0 Å². The van der Waals surface area contributed by atoms with Gasteiger partial charge in [-0.05, 0) is 25.7 Å². The fourth-order valence-electron chi connectivity index (χ4n) is 2.30. The van der Waals surface area contributed by atoms with E-state index < -0.39 is 5.54 Å². The molecule has 2 atom stereocenters.